The molecule has 0 radical (unpaired) electrons. The molecular formula is C10H16O3S. The molecular weight excluding hydrogens is 200 g/mol. The minimum absolute atomic E-state index is 0.182. The van der Waals surface area contributed by atoms with Crippen molar-refractivity contribution in [3.63, 3.8) is 0 Å². The van der Waals surface area contributed by atoms with Crippen LogP contribution < -0.4 is 0 Å². The molecule has 2 unspecified atom stereocenters. The molecule has 3 nitrogen and oxygen atoms in total. The summed E-state index contributed by atoms with van der Waals surface area (Å²) in [6, 6.07) is 0. The van der Waals surface area contributed by atoms with Gasteiger partial charge < -0.3 is 9.84 Å². The van der Waals surface area contributed by atoms with Crippen molar-refractivity contribution in [3.05, 3.63) is 0 Å². The minimum Gasteiger partial charge on any atom is -0.481 e. The normalized spacial score (nSPS) is 37.6. The van der Waals surface area contributed by atoms with Crippen LogP contribution in [-0.2, 0) is 9.53 Å². The van der Waals surface area contributed by atoms with E-state index in [2.05, 4.69) is 0 Å². The quantitative estimate of drug-likeness (QED) is 0.762. The molecule has 2 fully saturated rings. The maximum absolute atomic E-state index is 10.8. The number of carbonyl (C=O) groups is 1. The van der Waals surface area contributed by atoms with Gasteiger partial charge in [0.1, 0.15) is 0 Å². The van der Waals surface area contributed by atoms with Crippen LogP contribution in [0.2, 0.25) is 0 Å². The van der Waals surface area contributed by atoms with Crippen molar-refractivity contribution in [1.29, 1.82) is 0 Å². The highest BCUT2D eigenvalue weighted by molar-refractivity contribution is 7.99. The van der Waals surface area contributed by atoms with Crippen LogP contribution >= 0.6 is 11.8 Å². The smallest absolute Gasteiger partial charge is 0.303 e. The summed E-state index contributed by atoms with van der Waals surface area (Å²) in [4.78, 5) is 10.8. The predicted molar refractivity (Wildman–Crippen MR) is 55.6 cm³/mol. The van der Waals surface area contributed by atoms with Crippen LogP contribution in [-0.4, -0.2) is 35.8 Å². The molecule has 14 heavy (non-hydrogen) atoms. The molecule has 0 saturated carbocycles. The summed E-state index contributed by atoms with van der Waals surface area (Å²) >= 11 is 1.95. The number of rotatable bonds is 2. The molecule has 1 spiro atoms. The molecule has 2 heterocycles. The van der Waals surface area contributed by atoms with E-state index in [-0.39, 0.29) is 5.41 Å². The summed E-state index contributed by atoms with van der Waals surface area (Å²) in [5.41, 5.74) is 0.182. The lowest BCUT2D eigenvalue weighted by Crippen LogP contribution is -2.38. The first kappa shape index (κ1) is 10.3. The zero-order valence-corrected chi connectivity index (χ0v) is 9.02. The van der Waals surface area contributed by atoms with E-state index in [1.807, 2.05) is 11.8 Å². The van der Waals surface area contributed by atoms with Crippen molar-refractivity contribution in [3.8, 4) is 0 Å². The molecule has 0 bridgehead atoms. The molecule has 2 aliphatic heterocycles. The van der Waals surface area contributed by atoms with Crippen molar-refractivity contribution in [2.45, 2.75) is 19.3 Å². The standard InChI is InChI=1S/C10H16O3S/c11-9(12)5-8-1-4-14-7-10(8)2-3-13-6-10/h8H,1-7H2,(H,11,12). The first-order valence-electron chi connectivity index (χ1n) is 5.10. The van der Waals surface area contributed by atoms with E-state index in [4.69, 9.17) is 9.84 Å². The van der Waals surface area contributed by atoms with Gasteiger partial charge in [-0.2, -0.15) is 11.8 Å². The fourth-order valence-corrected chi connectivity index (χ4v) is 3.98. The van der Waals surface area contributed by atoms with Crippen LogP contribution in [0.4, 0.5) is 0 Å². The Bertz CT molecular complexity index is 223. The summed E-state index contributed by atoms with van der Waals surface area (Å²) in [5.74, 6) is 1.88. The molecule has 0 amide bonds. The second-order valence-electron chi connectivity index (χ2n) is 4.30. The Morgan fingerprint density at radius 3 is 3.14 bits per heavy atom. The summed E-state index contributed by atoms with van der Waals surface area (Å²) in [7, 11) is 0. The predicted octanol–water partition coefficient (Wildman–Crippen LogP) is 1.62. The van der Waals surface area contributed by atoms with Gasteiger partial charge in [-0.15, -0.1) is 0 Å². The van der Waals surface area contributed by atoms with E-state index in [0.717, 1.165) is 37.6 Å². The SMILES string of the molecule is O=C(O)CC1CCSCC12CCOC2. The number of carboxylic acid groups (broad SMARTS) is 1. The van der Waals surface area contributed by atoms with Crippen LogP contribution in [0.5, 0.6) is 0 Å². The monoisotopic (exact) mass is 216 g/mol. The van der Waals surface area contributed by atoms with Crippen molar-refractivity contribution in [2.24, 2.45) is 11.3 Å². The Balaban J connectivity index is 2.06. The minimum atomic E-state index is -0.659. The topological polar surface area (TPSA) is 46.5 Å². The number of ether oxygens (including phenoxy) is 1. The Kier molecular flexibility index (Phi) is 3.02. The van der Waals surface area contributed by atoms with Crippen LogP contribution in [0.3, 0.4) is 0 Å². The van der Waals surface area contributed by atoms with Crippen LogP contribution in [0.1, 0.15) is 19.3 Å². The first-order valence-corrected chi connectivity index (χ1v) is 6.26. The van der Waals surface area contributed by atoms with Gasteiger partial charge in [0.15, 0.2) is 0 Å². The molecule has 80 valence electrons. The van der Waals surface area contributed by atoms with E-state index >= 15 is 0 Å². The lowest BCUT2D eigenvalue weighted by molar-refractivity contribution is -0.139. The average molecular weight is 216 g/mol. The third-order valence-electron chi connectivity index (χ3n) is 3.42. The van der Waals surface area contributed by atoms with Crippen LogP contribution in [0, 0.1) is 11.3 Å². The van der Waals surface area contributed by atoms with Crippen molar-refractivity contribution in [2.75, 3.05) is 24.7 Å². The molecule has 0 aromatic heterocycles. The Morgan fingerprint density at radius 1 is 1.64 bits per heavy atom. The molecule has 2 saturated heterocycles. The van der Waals surface area contributed by atoms with Crippen LogP contribution in [0.15, 0.2) is 0 Å². The number of thioether (sulfide) groups is 1. The van der Waals surface area contributed by atoms with E-state index < -0.39 is 5.97 Å². The molecule has 2 aliphatic rings. The number of carboxylic acids is 1. The molecule has 4 heteroatoms. The maximum atomic E-state index is 10.8. The first-order chi connectivity index (χ1) is 6.73. The van der Waals surface area contributed by atoms with Gasteiger partial charge in [0.2, 0.25) is 0 Å². The fraction of sp³-hybridized carbons (Fsp3) is 0.900. The molecule has 0 aromatic carbocycles. The third kappa shape index (κ3) is 1.91. The fourth-order valence-electron chi connectivity index (χ4n) is 2.51. The van der Waals surface area contributed by atoms with Gasteiger partial charge >= 0.3 is 5.97 Å². The third-order valence-corrected chi connectivity index (χ3v) is 4.72. The lowest BCUT2D eigenvalue weighted by Gasteiger charge is -2.39. The molecule has 2 atom stereocenters. The summed E-state index contributed by atoms with van der Waals surface area (Å²) < 4.78 is 5.44. The molecule has 0 aromatic rings. The van der Waals surface area contributed by atoms with E-state index in [9.17, 15) is 4.79 Å². The average Bonchev–Trinajstić information content (AvgIpc) is 2.58. The maximum Gasteiger partial charge on any atom is 0.303 e. The summed E-state index contributed by atoms with van der Waals surface area (Å²) in [5, 5.41) is 8.86. The van der Waals surface area contributed by atoms with E-state index in [1.54, 1.807) is 0 Å². The zero-order chi connectivity index (χ0) is 10.0. The van der Waals surface area contributed by atoms with Crippen molar-refractivity contribution < 1.29 is 14.6 Å². The molecule has 2 rings (SSSR count). The van der Waals surface area contributed by atoms with Gasteiger partial charge in [-0.3, -0.25) is 4.79 Å². The van der Waals surface area contributed by atoms with Gasteiger partial charge in [0.25, 0.3) is 0 Å². The summed E-state index contributed by atoms with van der Waals surface area (Å²) in [6.07, 6.45) is 2.42. The molecule has 1 N–H and O–H groups in total. The number of hydrogen-bond donors (Lipinski definition) is 1. The highest BCUT2D eigenvalue weighted by atomic mass is 32.2. The van der Waals surface area contributed by atoms with Gasteiger partial charge in [-0.25, -0.2) is 0 Å². The number of aliphatic carboxylic acids is 1. The van der Waals surface area contributed by atoms with Crippen molar-refractivity contribution >= 4 is 17.7 Å². The molecule has 0 aliphatic carbocycles. The van der Waals surface area contributed by atoms with Gasteiger partial charge in [0, 0.05) is 24.2 Å². The van der Waals surface area contributed by atoms with Crippen LogP contribution in [0.25, 0.3) is 0 Å². The highest BCUT2D eigenvalue weighted by Gasteiger charge is 2.44. The van der Waals surface area contributed by atoms with Gasteiger partial charge in [-0.1, -0.05) is 0 Å². The van der Waals surface area contributed by atoms with E-state index in [0.29, 0.717) is 12.3 Å². The van der Waals surface area contributed by atoms with Crippen molar-refractivity contribution in [1.82, 2.24) is 0 Å². The largest absolute Gasteiger partial charge is 0.481 e. The second kappa shape index (κ2) is 4.11. The highest BCUT2D eigenvalue weighted by Crippen LogP contribution is 2.46. The number of hydrogen-bond acceptors (Lipinski definition) is 3. The Labute approximate surface area is 88.2 Å². The van der Waals surface area contributed by atoms with Gasteiger partial charge in [0.05, 0.1) is 6.61 Å². The summed E-state index contributed by atoms with van der Waals surface area (Å²) in [6.45, 7) is 1.59. The zero-order valence-electron chi connectivity index (χ0n) is 8.20. The Morgan fingerprint density at radius 2 is 2.50 bits per heavy atom. The van der Waals surface area contributed by atoms with E-state index in [1.165, 1.54) is 0 Å². The van der Waals surface area contributed by atoms with Gasteiger partial charge in [-0.05, 0) is 24.5 Å². The second-order valence-corrected chi connectivity index (χ2v) is 5.41. The Hall–Kier alpha value is -0.220. The lowest BCUT2D eigenvalue weighted by atomic mass is 9.73.